The van der Waals surface area contributed by atoms with E-state index in [0.717, 1.165) is 4.68 Å². The Morgan fingerprint density at radius 2 is 1.86 bits per heavy atom. The van der Waals surface area contributed by atoms with Gasteiger partial charge < -0.3 is 5.73 Å². The van der Waals surface area contributed by atoms with Crippen molar-refractivity contribution in [2.24, 2.45) is 16.0 Å². The van der Waals surface area contributed by atoms with Crippen molar-refractivity contribution in [1.29, 1.82) is 0 Å². The van der Waals surface area contributed by atoms with Crippen LogP contribution in [-0.4, -0.2) is 19.8 Å². The van der Waals surface area contributed by atoms with Crippen molar-refractivity contribution >= 4 is 57.6 Å². The van der Waals surface area contributed by atoms with E-state index in [0.29, 0.717) is 10.6 Å². The molecule has 9 nitrogen and oxygen atoms in total. The molecule has 0 unspecified atom stereocenters. The number of nitro groups is 1. The molecular weight excluding hydrogens is 427 g/mol. The minimum Gasteiger partial charge on any atom is -0.374 e. The van der Waals surface area contributed by atoms with Gasteiger partial charge in [-0.05, 0) is 42.5 Å². The number of aromatic amines is 1. The Labute approximate surface area is 172 Å². The van der Waals surface area contributed by atoms with Crippen LogP contribution in [0.25, 0.3) is 11.3 Å². The number of azo groups is 1. The number of H-pyrrole nitrogens is 1. The Morgan fingerprint density at radius 3 is 2.46 bits per heavy atom. The van der Waals surface area contributed by atoms with Gasteiger partial charge in [0.25, 0.3) is 5.69 Å². The van der Waals surface area contributed by atoms with E-state index in [-0.39, 0.29) is 32.9 Å². The van der Waals surface area contributed by atoms with Crippen molar-refractivity contribution in [2.45, 2.75) is 0 Å². The van der Waals surface area contributed by atoms with Gasteiger partial charge in [0.2, 0.25) is 0 Å². The van der Waals surface area contributed by atoms with Gasteiger partial charge in [-0.25, -0.2) is 0 Å². The zero-order valence-electron chi connectivity index (χ0n) is 13.8. The lowest BCUT2D eigenvalue weighted by molar-refractivity contribution is -0.384. The van der Waals surface area contributed by atoms with E-state index < -0.39 is 10.5 Å². The monoisotopic (exact) mass is 436 g/mol. The lowest BCUT2D eigenvalue weighted by Gasteiger charge is -2.00. The van der Waals surface area contributed by atoms with Crippen molar-refractivity contribution in [3.8, 4) is 11.3 Å². The second-order valence-corrected chi connectivity index (χ2v) is 6.68. The number of nitrogens with zero attached hydrogens (tertiary/aromatic N) is 4. The summed E-state index contributed by atoms with van der Waals surface area (Å²) in [4.78, 5) is 22.9. The molecule has 1 heterocycles. The van der Waals surface area contributed by atoms with E-state index in [1.165, 1.54) is 30.3 Å². The average molecular weight is 437 g/mol. The molecule has 0 aliphatic carbocycles. The summed E-state index contributed by atoms with van der Waals surface area (Å²) in [5.74, 6) is 0. The number of halogens is 2. The van der Waals surface area contributed by atoms with Gasteiger partial charge in [-0.15, -0.1) is 10.2 Å². The molecule has 0 radical (unpaired) electrons. The summed E-state index contributed by atoms with van der Waals surface area (Å²) in [6.07, 6.45) is 0. The van der Waals surface area contributed by atoms with Crippen LogP contribution in [0.5, 0.6) is 0 Å². The van der Waals surface area contributed by atoms with Gasteiger partial charge in [0.15, 0.2) is 10.8 Å². The molecule has 142 valence electrons. The Morgan fingerprint density at radius 1 is 1.18 bits per heavy atom. The first-order valence-electron chi connectivity index (χ1n) is 7.54. The molecule has 0 spiro atoms. The van der Waals surface area contributed by atoms with Crippen LogP contribution < -0.4 is 11.3 Å². The molecule has 28 heavy (non-hydrogen) atoms. The fraction of sp³-hybridized carbons (Fsp3) is 0. The molecule has 3 aromatic rings. The van der Waals surface area contributed by atoms with Crippen molar-refractivity contribution in [1.82, 2.24) is 9.78 Å². The molecule has 0 bridgehead atoms. The van der Waals surface area contributed by atoms with Gasteiger partial charge in [0, 0.05) is 22.7 Å². The largest absolute Gasteiger partial charge is 0.374 e. The zero-order valence-corrected chi connectivity index (χ0v) is 16.1. The van der Waals surface area contributed by atoms with Gasteiger partial charge in [-0.1, -0.05) is 23.2 Å². The van der Waals surface area contributed by atoms with Crippen LogP contribution in [-0.2, 0) is 0 Å². The number of nitrogens with two attached hydrogens (primary N) is 1. The normalized spacial score (nSPS) is 11.1. The van der Waals surface area contributed by atoms with Crippen LogP contribution in [0.4, 0.5) is 17.1 Å². The summed E-state index contributed by atoms with van der Waals surface area (Å²) < 4.78 is 0.917. The smallest absolute Gasteiger partial charge is 0.301 e. The van der Waals surface area contributed by atoms with Gasteiger partial charge in [-0.2, -0.15) is 4.68 Å². The van der Waals surface area contributed by atoms with Crippen molar-refractivity contribution in [2.75, 3.05) is 0 Å². The molecule has 3 rings (SSSR count). The minimum atomic E-state index is -0.636. The molecule has 12 heteroatoms. The summed E-state index contributed by atoms with van der Waals surface area (Å²) in [5.41, 5.74) is 5.65. The Balaban J connectivity index is 2.13. The van der Waals surface area contributed by atoms with E-state index >= 15 is 0 Å². The van der Waals surface area contributed by atoms with E-state index in [4.69, 9.17) is 41.2 Å². The van der Waals surface area contributed by atoms with Crippen molar-refractivity contribution in [3.05, 3.63) is 73.0 Å². The van der Waals surface area contributed by atoms with Crippen LogP contribution in [0.15, 0.2) is 57.5 Å². The van der Waals surface area contributed by atoms with E-state index in [1.54, 1.807) is 12.1 Å². The summed E-state index contributed by atoms with van der Waals surface area (Å²) in [7, 11) is 0. The molecule has 0 atom stereocenters. The first-order chi connectivity index (χ1) is 13.3. The number of benzene rings is 2. The lowest BCUT2D eigenvalue weighted by atomic mass is 10.1. The number of hydrogen-bond acceptors (Lipinski definition) is 6. The van der Waals surface area contributed by atoms with E-state index in [1.807, 2.05) is 0 Å². The number of aromatic nitrogens is 2. The Hall–Kier alpha value is -3.08. The molecule has 2 aromatic carbocycles. The first-order valence-corrected chi connectivity index (χ1v) is 8.71. The van der Waals surface area contributed by atoms with Gasteiger partial charge in [-0.3, -0.25) is 20.0 Å². The molecule has 0 amide bonds. The third-order valence-electron chi connectivity index (χ3n) is 3.62. The molecule has 0 aliphatic heterocycles. The first kappa shape index (κ1) is 19.7. The number of rotatable bonds is 4. The minimum absolute atomic E-state index is 0.0994. The average Bonchev–Trinajstić information content (AvgIpc) is 2.99. The molecule has 0 saturated carbocycles. The summed E-state index contributed by atoms with van der Waals surface area (Å²) in [6, 6.07) is 10.1. The van der Waals surface area contributed by atoms with E-state index in [2.05, 4.69) is 15.3 Å². The van der Waals surface area contributed by atoms with Gasteiger partial charge >= 0.3 is 5.56 Å². The maximum absolute atomic E-state index is 12.6. The Kier molecular flexibility index (Phi) is 5.54. The standard InChI is InChI=1S/C16H10Cl2N6O3S/c17-9-3-6-11(18)12(7-9)20-21-14-13(22-23(15(14)25)16(19)28)8-1-4-10(5-2-8)24(26)27/h1-7,22H,(H2,19,28). The SMILES string of the molecule is NC(=S)n1[nH]c(-c2ccc([N+](=O)[O-])cc2)c(N=Nc2cc(Cl)ccc2Cl)c1=O. The summed E-state index contributed by atoms with van der Waals surface area (Å²) >= 11 is 16.8. The van der Waals surface area contributed by atoms with Crippen LogP contribution in [0.2, 0.25) is 10.0 Å². The third kappa shape index (κ3) is 3.93. The summed E-state index contributed by atoms with van der Waals surface area (Å²) in [6.45, 7) is 0. The molecule has 0 fully saturated rings. The van der Waals surface area contributed by atoms with E-state index in [9.17, 15) is 14.9 Å². The summed E-state index contributed by atoms with van der Waals surface area (Å²) in [5, 5.41) is 22.0. The number of hydrogen-bond donors (Lipinski definition) is 2. The predicted octanol–water partition coefficient (Wildman–Crippen LogP) is 4.57. The fourth-order valence-corrected chi connectivity index (χ4v) is 2.74. The lowest BCUT2D eigenvalue weighted by Crippen LogP contribution is -2.29. The maximum atomic E-state index is 12.6. The van der Waals surface area contributed by atoms with Crippen LogP contribution in [0.3, 0.4) is 0 Å². The highest BCUT2D eigenvalue weighted by molar-refractivity contribution is 7.80. The topological polar surface area (TPSA) is 132 Å². The quantitative estimate of drug-likeness (QED) is 0.267. The van der Waals surface area contributed by atoms with Crippen molar-refractivity contribution in [3.63, 3.8) is 0 Å². The molecule has 3 N–H and O–H groups in total. The van der Waals surface area contributed by atoms with Crippen LogP contribution in [0.1, 0.15) is 0 Å². The highest BCUT2D eigenvalue weighted by atomic mass is 35.5. The fourth-order valence-electron chi connectivity index (χ4n) is 2.29. The van der Waals surface area contributed by atoms with Crippen LogP contribution in [0, 0.1) is 10.1 Å². The predicted molar refractivity (Wildman–Crippen MR) is 110 cm³/mol. The van der Waals surface area contributed by atoms with Crippen molar-refractivity contribution < 1.29 is 4.92 Å². The number of nitrogens with one attached hydrogen (secondary N) is 1. The highest BCUT2D eigenvalue weighted by Gasteiger charge is 2.18. The number of thiocarbonyl (C=S) groups is 1. The van der Waals surface area contributed by atoms with Gasteiger partial charge in [0.05, 0.1) is 15.6 Å². The number of nitro benzene ring substituents is 1. The second-order valence-electron chi connectivity index (χ2n) is 5.41. The molecule has 0 saturated heterocycles. The van der Waals surface area contributed by atoms with Gasteiger partial charge in [0.1, 0.15) is 5.69 Å². The maximum Gasteiger partial charge on any atom is 0.301 e. The molecule has 0 aliphatic rings. The third-order valence-corrected chi connectivity index (χ3v) is 4.36. The van der Waals surface area contributed by atoms with Crippen LogP contribution >= 0.6 is 35.4 Å². The highest BCUT2D eigenvalue weighted by Crippen LogP contribution is 2.32. The Bertz CT molecular complexity index is 1170. The molecule has 1 aromatic heterocycles. The number of non-ortho nitro benzene ring substituents is 1. The zero-order chi connectivity index (χ0) is 20.4. The molecular formula is C16H10Cl2N6O3S. The second kappa shape index (κ2) is 7.89.